The van der Waals surface area contributed by atoms with Gasteiger partial charge >= 0.3 is 0 Å². The third-order valence-electron chi connectivity index (χ3n) is 2.67. The van der Waals surface area contributed by atoms with Crippen LogP contribution in [0.4, 0.5) is 0 Å². The molecule has 0 aliphatic rings. The van der Waals surface area contributed by atoms with Gasteiger partial charge in [0.05, 0.1) is 5.75 Å². The van der Waals surface area contributed by atoms with Crippen LogP contribution in [0.3, 0.4) is 0 Å². The molecule has 0 aromatic rings. The van der Waals surface area contributed by atoms with Gasteiger partial charge in [0.25, 0.3) is 0 Å². The molecule has 0 spiro atoms. The molecule has 4 nitrogen and oxygen atoms in total. The summed E-state index contributed by atoms with van der Waals surface area (Å²) in [6, 6.07) is -0.00813. The Bertz CT molecular complexity index is 313. The first-order valence-corrected chi connectivity index (χ1v) is 8.37. The van der Waals surface area contributed by atoms with E-state index in [-0.39, 0.29) is 11.8 Å². The number of nitrogens with one attached hydrogen (secondary N) is 1. The Morgan fingerprint density at radius 1 is 1.28 bits per heavy atom. The van der Waals surface area contributed by atoms with Gasteiger partial charge in [0, 0.05) is 12.6 Å². The van der Waals surface area contributed by atoms with Crippen molar-refractivity contribution in [2.75, 3.05) is 25.4 Å². The van der Waals surface area contributed by atoms with Crippen molar-refractivity contribution in [3.8, 4) is 0 Å². The van der Waals surface area contributed by atoms with E-state index < -0.39 is 10.0 Å². The molecule has 0 heterocycles. The van der Waals surface area contributed by atoms with Crippen LogP contribution in [0.5, 0.6) is 0 Å². The zero-order valence-corrected chi connectivity index (χ0v) is 12.8. The van der Waals surface area contributed by atoms with Crippen molar-refractivity contribution in [3.63, 3.8) is 0 Å². The van der Waals surface area contributed by atoms with E-state index in [2.05, 4.69) is 18.8 Å². The summed E-state index contributed by atoms with van der Waals surface area (Å²) in [7, 11) is -3.14. The Balaban J connectivity index is 4.08. The Morgan fingerprint density at radius 2 is 1.94 bits per heavy atom. The smallest absolute Gasteiger partial charge is 0.214 e. The van der Waals surface area contributed by atoms with E-state index in [4.69, 9.17) is 0 Å². The second kappa shape index (κ2) is 9.53. The largest absolute Gasteiger partial charge is 0.317 e. The Kier molecular flexibility index (Phi) is 9.32. The average molecular weight is 276 g/mol. The molecule has 0 unspecified atom stereocenters. The van der Waals surface area contributed by atoms with Gasteiger partial charge in [0.15, 0.2) is 0 Å². The minimum atomic E-state index is -3.14. The van der Waals surface area contributed by atoms with Crippen LogP contribution in [0.1, 0.15) is 40.0 Å². The van der Waals surface area contributed by atoms with Gasteiger partial charge in [-0.1, -0.05) is 13.0 Å². The van der Waals surface area contributed by atoms with Gasteiger partial charge in [-0.2, -0.15) is 4.31 Å². The number of sulfonamides is 1. The second-order valence-corrected chi connectivity index (χ2v) is 6.77. The van der Waals surface area contributed by atoms with Crippen LogP contribution in [-0.4, -0.2) is 44.2 Å². The molecule has 5 heteroatoms. The van der Waals surface area contributed by atoms with E-state index >= 15 is 0 Å². The fourth-order valence-electron chi connectivity index (χ4n) is 1.73. The molecule has 0 fully saturated rings. The van der Waals surface area contributed by atoms with Gasteiger partial charge < -0.3 is 5.32 Å². The standard InChI is InChI=1S/C13H28N2O2S/c1-5-9-14-10-7-8-12-18(16,17)15(11-6-2)13(3)4/h6,13-14H,2,5,7-12H2,1,3-4H3. The number of rotatable bonds is 11. The van der Waals surface area contributed by atoms with Crippen molar-refractivity contribution in [3.05, 3.63) is 12.7 Å². The maximum Gasteiger partial charge on any atom is 0.214 e. The zero-order valence-electron chi connectivity index (χ0n) is 12.0. The van der Waals surface area contributed by atoms with Crippen LogP contribution in [-0.2, 0) is 10.0 Å². The van der Waals surface area contributed by atoms with Gasteiger partial charge in [0.1, 0.15) is 0 Å². The molecule has 18 heavy (non-hydrogen) atoms. The summed E-state index contributed by atoms with van der Waals surface area (Å²) in [5.74, 6) is 0.229. The van der Waals surface area contributed by atoms with Crippen LogP contribution in [0.25, 0.3) is 0 Å². The lowest BCUT2D eigenvalue weighted by Crippen LogP contribution is -2.38. The van der Waals surface area contributed by atoms with Gasteiger partial charge in [-0.15, -0.1) is 6.58 Å². The van der Waals surface area contributed by atoms with Gasteiger partial charge in [0.2, 0.25) is 10.0 Å². The molecule has 108 valence electrons. The highest BCUT2D eigenvalue weighted by atomic mass is 32.2. The SMILES string of the molecule is C=CCN(C(C)C)S(=O)(=O)CCCCNCCC. The predicted molar refractivity (Wildman–Crippen MR) is 78.2 cm³/mol. The number of unbranched alkanes of at least 4 members (excludes halogenated alkanes) is 1. The number of hydrogen-bond acceptors (Lipinski definition) is 3. The van der Waals surface area contributed by atoms with Crippen molar-refractivity contribution >= 4 is 10.0 Å². The summed E-state index contributed by atoms with van der Waals surface area (Å²) in [6.07, 6.45) is 4.36. The third-order valence-corrected chi connectivity index (χ3v) is 4.76. The highest BCUT2D eigenvalue weighted by Crippen LogP contribution is 2.09. The summed E-state index contributed by atoms with van der Waals surface area (Å²) in [4.78, 5) is 0. The first-order valence-electron chi connectivity index (χ1n) is 6.76. The van der Waals surface area contributed by atoms with Crippen LogP contribution >= 0.6 is 0 Å². The lowest BCUT2D eigenvalue weighted by atomic mass is 10.3. The summed E-state index contributed by atoms with van der Waals surface area (Å²) in [5.41, 5.74) is 0. The normalized spacial score (nSPS) is 12.3. The maximum atomic E-state index is 12.1. The highest BCUT2D eigenvalue weighted by molar-refractivity contribution is 7.89. The molecule has 0 aliphatic heterocycles. The Morgan fingerprint density at radius 3 is 2.44 bits per heavy atom. The molecule has 0 saturated heterocycles. The summed E-state index contributed by atoms with van der Waals surface area (Å²) in [5, 5.41) is 3.27. The fraction of sp³-hybridized carbons (Fsp3) is 0.846. The van der Waals surface area contributed by atoms with E-state index in [9.17, 15) is 8.42 Å². The molecule has 0 aliphatic carbocycles. The molecule has 0 amide bonds. The van der Waals surface area contributed by atoms with Crippen molar-refractivity contribution in [1.29, 1.82) is 0 Å². The van der Waals surface area contributed by atoms with Crippen molar-refractivity contribution in [2.45, 2.75) is 46.1 Å². The van der Waals surface area contributed by atoms with Crippen LogP contribution < -0.4 is 5.32 Å². The third kappa shape index (κ3) is 7.13. The van der Waals surface area contributed by atoms with Gasteiger partial charge in [-0.05, 0) is 46.2 Å². The maximum absolute atomic E-state index is 12.1. The Labute approximate surface area is 112 Å². The average Bonchev–Trinajstić information content (AvgIpc) is 2.30. The molecule has 0 bridgehead atoms. The molecular formula is C13H28N2O2S. The highest BCUT2D eigenvalue weighted by Gasteiger charge is 2.22. The Hall–Kier alpha value is -0.390. The van der Waals surface area contributed by atoms with E-state index in [0.717, 1.165) is 25.9 Å². The molecule has 0 saturated carbocycles. The van der Waals surface area contributed by atoms with Crippen LogP contribution in [0.15, 0.2) is 12.7 Å². The van der Waals surface area contributed by atoms with E-state index in [1.807, 2.05) is 13.8 Å². The number of hydrogen-bond donors (Lipinski definition) is 1. The van der Waals surface area contributed by atoms with Crippen LogP contribution in [0, 0.1) is 0 Å². The molecule has 0 aromatic carbocycles. The van der Waals surface area contributed by atoms with E-state index in [1.54, 1.807) is 6.08 Å². The lowest BCUT2D eigenvalue weighted by molar-refractivity contribution is 0.382. The van der Waals surface area contributed by atoms with E-state index in [1.165, 1.54) is 4.31 Å². The van der Waals surface area contributed by atoms with Gasteiger partial charge in [-0.25, -0.2) is 8.42 Å². The summed E-state index contributed by atoms with van der Waals surface area (Å²) >= 11 is 0. The van der Waals surface area contributed by atoms with E-state index in [0.29, 0.717) is 13.0 Å². The zero-order chi connectivity index (χ0) is 14.0. The quantitative estimate of drug-likeness (QED) is 0.464. The van der Waals surface area contributed by atoms with Crippen molar-refractivity contribution in [1.82, 2.24) is 9.62 Å². The summed E-state index contributed by atoms with van der Waals surface area (Å²) in [6.45, 7) is 11.8. The molecule has 0 rings (SSSR count). The molecular weight excluding hydrogens is 248 g/mol. The summed E-state index contributed by atoms with van der Waals surface area (Å²) < 4.78 is 25.7. The minimum Gasteiger partial charge on any atom is -0.317 e. The van der Waals surface area contributed by atoms with Crippen molar-refractivity contribution in [2.24, 2.45) is 0 Å². The van der Waals surface area contributed by atoms with Crippen LogP contribution in [0.2, 0.25) is 0 Å². The molecule has 1 N–H and O–H groups in total. The first kappa shape index (κ1) is 17.6. The number of nitrogens with zero attached hydrogens (tertiary/aromatic N) is 1. The fourth-order valence-corrected chi connectivity index (χ4v) is 3.50. The van der Waals surface area contributed by atoms with Gasteiger partial charge in [-0.3, -0.25) is 0 Å². The second-order valence-electron chi connectivity index (χ2n) is 4.73. The molecule has 0 radical (unpaired) electrons. The lowest BCUT2D eigenvalue weighted by Gasteiger charge is -2.24. The molecule has 0 atom stereocenters. The van der Waals surface area contributed by atoms with Crippen molar-refractivity contribution < 1.29 is 8.42 Å². The predicted octanol–water partition coefficient (Wildman–Crippen LogP) is 1.99. The monoisotopic (exact) mass is 276 g/mol. The minimum absolute atomic E-state index is 0.00813. The first-order chi connectivity index (χ1) is 8.45. The topological polar surface area (TPSA) is 49.4 Å². The molecule has 0 aromatic heterocycles.